The van der Waals surface area contributed by atoms with Gasteiger partial charge in [0, 0.05) is 12.3 Å². The molecule has 0 saturated carbocycles. The Morgan fingerprint density at radius 2 is 2.23 bits per heavy atom. The number of pyridine rings is 1. The molecule has 0 amide bonds. The normalized spacial score (nSPS) is 11.0. The summed E-state index contributed by atoms with van der Waals surface area (Å²) >= 11 is 0. The molecule has 0 aliphatic carbocycles. The van der Waals surface area contributed by atoms with Gasteiger partial charge >= 0.3 is 6.61 Å². The highest BCUT2D eigenvalue weighted by atomic mass is 19.3. The Balaban J connectivity index is 2.38. The molecular formula is C8H6F2N2O. The second-order valence-corrected chi connectivity index (χ2v) is 2.43. The number of nitrogens with zero attached hydrogens (tertiary/aromatic N) is 2. The fourth-order valence-electron chi connectivity index (χ4n) is 1.06. The molecular weight excluding hydrogens is 178 g/mol. The molecule has 13 heavy (non-hydrogen) atoms. The van der Waals surface area contributed by atoms with E-state index in [1.807, 2.05) is 0 Å². The molecule has 0 aromatic carbocycles. The van der Waals surface area contributed by atoms with E-state index in [0.717, 1.165) is 5.52 Å². The summed E-state index contributed by atoms with van der Waals surface area (Å²) in [4.78, 5) is 0. The van der Waals surface area contributed by atoms with Crippen LogP contribution >= 0.6 is 0 Å². The molecule has 2 aromatic rings. The highest BCUT2D eigenvalue weighted by Crippen LogP contribution is 2.14. The average Bonchev–Trinajstić information content (AvgIpc) is 2.44. The number of aromatic nitrogens is 2. The SMILES string of the molecule is FC(F)Oc1cc2ccccn2n1. The lowest BCUT2D eigenvalue weighted by Crippen LogP contribution is -2.02. The molecule has 68 valence electrons. The van der Waals surface area contributed by atoms with Crippen molar-refractivity contribution in [1.82, 2.24) is 9.61 Å². The highest BCUT2D eigenvalue weighted by Gasteiger charge is 2.07. The van der Waals surface area contributed by atoms with Gasteiger partial charge in [0.25, 0.3) is 0 Å². The molecule has 0 N–H and O–H groups in total. The summed E-state index contributed by atoms with van der Waals surface area (Å²) in [5, 5.41) is 3.77. The fraction of sp³-hybridized carbons (Fsp3) is 0.125. The zero-order valence-electron chi connectivity index (χ0n) is 6.52. The molecule has 0 radical (unpaired) electrons. The lowest BCUT2D eigenvalue weighted by Gasteiger charge is -1.96. The number of fused-ring (bicyclic) bond motifs is 1. The lowest BCUT2D eigenvalue weighted by atomic mass is 10.4. The molecule has 0 saturated heterocycles. The van der Waals surface area contributed by atoms with Gasteiger partial charge < -0.3 is 4.74 Å². The number of hydrogen-bond donors (Lipinski definition) is 0. The van der Waals surface area contributed by atoms with E-state index in [0.29, 0.717) is 0 Å². The van der Waals surface area contributed by atoms with Crippen LogP contribution in [0.15, 0.2) is 30.5 Å². The minimum atomic E-state index is -2.83. The molecule has 0 spiro atoms. The van der Waals surface area contributed by atoms with Crippen LogP contribution < -0.4 is 4.74 Å². The van der Waals surface area contributed by atoms with Crippen molar-refractivity contribution in [3.63, 3.8) is 0 Å². The third-order valence-corrected chi connectivity index (χ3v) is 1.56. The van der Waals surface area contributed by atoms with E-state index >= 15 is 0 Å². The quantitative estimate of drug-likeness (QED) is 0.712. The van der Waals surface area contributed by atoms with E-state index in [1.165, 1.54) is 10.6 Å². The molecule has 0 aliphatic heterocycles. The van der Waals surface area contributed by atoms with Crippen molar-refractivity contribution in [2.24, 2.45) is 0 Å². The van der Waals surface area contributed by atoms with Gasteiger partial charge in [0.1, 0.15) is 0 Å². The summed E-state index contributed by atoms with van der Waals surface area (Å²) in [6.45, 7) is -2.83. The second-order valence-electron chi connectivity index (χ2n) is 2.43. The van der Waals surface area contributed by atoms with Gasteiger partial charge in [-0.2, -0.15) is 8.78 Å². The van der Waals surface area contributed by atoms with Gasteiger partial charge in [0.15, 0.2) is 0 Å². The van der Waals surface area contributed by atoms with Gasteiger partial charge in [0.2, 0.25) is 5.88 Å². The predicted octanol–water partition coefficient (Wildman–Crippen LogP) is 1.94. The summed E-state index contributed by atoms with van der Waals surface area (Å²) in [6, 6.07) is 6.76. The zero-order chi connectivity index (χ0) is 9.26. The molecule has 0 unspecified atom stereocenters. The van der Waals surface area contributed by atoms with E-state index in [9.17, 15) is 8.78 Å². The van der Waals surface area contributed by atoms with E-state index in [-0.39, 0.29) is 5.88 Å². The average molecular weight is 184 g/mol. The van der Waals surface area contributed by atoms with Crippen molar-refractivity contribution in [3.8, 4) is 5.88 Å². The molecule has 0 bridgehead atoms. The summed E-state index contributed by atoms with van der Waals surface area (Å²) in [5.41, 5.74) is 0.721. The topological polar surface area (TPSA) is 26.5 Å². The number of ether oxygens (including phenoxy) is 1. The third kappa shape index (κ3) is 1.58. The van der Waals surface area contributed by atoms with E-state index in [2.05, 4.69) is 9.84 Å². The molecule has 0 fully saturated rings. The third-order valence-electron chi connectivity index (χ3n) is 1.56. The maximum absolute atomic E-state index is 11.8. The molecule has 5 heteroatoms. The Kier molecular flexibility index (Phi) is 1.84. The minimum absolute atomic E-state index is 0.0683. The molecule has 2 aromatic heterocycles. The monoisotopic (exact) mass is 184 g/mol. The van der Waals surface area contributed by atoms with Crippen LogP contribution in [0.1, 0.15) is 0 Å². The maximum Gasteiger partial charge on any atom is 0.388 e. The molecule has 0 aliphatic rings. The second kappa shape index (κ2) is 3.01. The van der Waals surface area contributed by atoms with Crippen molar-refractivity contribution in [2.75, 3.05) is 0 Å². The van der Waals surface area contributed by atoms with Crippen LogP contribution in [0.25, 0.3) is 5.52 Å². The zero-order valence-corrected chi connectivity index (χ0v) is 6.52. The van der Waals surface area contributed by atoms with Crippen molar-refractivity contribution in [2.45, 2.75) is 6.61 Å². The lowest BCUT2D eigenvalue weighted by molar-refractivity contribution is -0.0529. The first kappa shape index (κ1) is 7.97. The Morgan fingerprint density at radius 1 is 1.38 bits per heavy atom. The number of halogens is 2. The van der Waals surface area contributed by atoms with Crippen LogP contribution in [0.4, 0.5) is 8.78 Å². The fourth-order valence-corrected chi connectivity index (χ4v) is 1.06. The first-order valence-corrected chi connectivity index (χ1v) is 3.65. The van der Waals surface area contributed by atoms with Crippen molar-refractivity contribution in [1.29, 1.82) is 0 Å². The van der Waals surface area contributed by atoms with Gasteiger partial charge in [-0.3, -0.25) is 0 Å². The van der Waals surface area contributed by atoms with Crippen molar-refractivity contribution >= 4 is 5.52 Å². The van der Waals surface area contributed by atoms with Gasteiger partial charge in [-0.25, -0.2) is 4.52 Å². The smallest absolute Gasteiger partial charge is 0.388 e. The van der Waals surface area contributed by atoms with Crippen LogP contribution in [-0.4, -0.2) is 16.2 Å². The maximum atomic E-state index is 11.8. The van der Waals surface area contributed by atoms with Gasteiger partial charge in [-0.05, 0) is 12.1 Å². The first-order chi connectivity index (χ1) is 6.25. The first-order valence-electron chi connectivity index (χ1n) is 3.65. The summed E-state index contributed by atoms with van der Waals surface area (Å²) in [7, 11) is 0. The molecule has 3 nitrogen and oxygen atoms in total. The Morgan fingerprint density at radius 3 is 2.92 bits per heavy atom. The van der Waals surface area contributed by atoms with Crippen LogP contribution in [0, 0.1) is 0 Å². The van der Waals surface area contributed by atoms with Crippen LogP contribution in [0.5, 0.6) is 5.88 Å². The Bertz CT molecular complexity index is 380. The highest BCUT2D eigenvalue weighted by molar-refractivity contribution is 5.48. The summed E-state index contributed by atoms with van der Waals surface area (Å²) < 4.78 is 29.2. The van der Waals surface area contributed by atoms with Crippen LogP contribution in [0.3, 0.4) is 0 Å². The van der Waals surface area contributed by atoms with Gasteiger partial charge in [0.05, 0.1) is 5.52 Å². The summed E-state index contributed by atoms with van der Waals surface area (Å²) in [6.07, 6.45) is 1.66. The summed E-state index contributed by atoms with van der Waals surface area (Å²) in [5.74, 6) is -0.0683. The largest absolute Gasteiger partial charge is 0.415 e. The van der Waals surface area contributed by atoms with E-state index in [4.69, 9.17) is 0 Å². The van der Waals surface area contributed by atoms with Crippen LogP contribution in [-0.2, 0) is 0 Å². The molecule has 2 heterocycles. The van der Waals surface area contributed by atoms with Gasteiger partial charge in [-0.15, -0.1) is 5.10 Å². The van der Waals surface area contributed by atoms with E-state index in [1.54, 1.807) is 24.4 Å². The standard InChI is InChI=1S/C8H6F2N2O/c9-8(10)13-7-5-6-3-1-2-4-12(6)11-7/h1-5,8H. The predicted molar refractivity (Wildman–Crippen MR) is 41.8 cm³/mol. The Hall–Kier alpha value is -1.65. The van der Waals surface area contributed by atoms with Gasteiger partial charge in [-0.1, -0.05) is 6.07 Å². The van der Waals surface area contributed by atoms with Crippen LogP contribution in [0.2, 0.25) is 0 Å². The number of hydrogen-bond acceptors (Lipinski definition) is 2. The van der Waals surface area contributed by atoms with Crippen molar-refractivity contribution < 1.29 is 13.5 Å². The van der Waals surface area contributed by atoms with Crippen molar-refractivity contribution in [3.05, 3.63) is 30.5 Å². The Labute approximate surface area is 72.5 Å². The molecule has 0 atom stereocenters. The minimum Gasteiger partial charge on any atom is -0.415 e. The molecule has 2 rings (SSSR count). The van der Waals surface area contributed by atoms with E-state index < -0.39 is 6.61 Å². The number of rotatable bonds is 2. The number of alkyl halides is 2.